The highest BCUT2D eigenvalue weighted by atomic mass is 16.6. The molecule has 2 heterocycles. The molecule has 3 aliphatic rings. The van der Waals surface area contributed by atoms with Crippen LogP contribution in [0.2, 0.25) is 0 Å². The molecule has 0 bridgehead atoms. The third-order valence-electron chi connectivity index (χ3n) is 5.81. The third kappa shape index (κ3) is 3.26. The van der Waals surface area contributed by atoms with Crippen LogP contribution in [0, 0.1) is 5.92 Å². The van der Waals surface area contributed by atoms with E-state index in [4.69, 9.17) is 14.2 Å². The normalized spacial score (nSPS) is 42.1. The van der Waals surface area contributed by atoms with Gasteiger partial charge < -0.3 is 14.2 Å². The fraction of sp³-hybridized carbons (Fsp3) is 0.714. The van der Waals surface area contributed by atoms with Gasteiger partial charge in [-0.2, -0.15) is 0 Å². The zero-order chi connectivity index (χ0) is 17.5. The van der Waals surface area contributed by atoms with Crippen LogP contribution in [0.1, 0.15) is 53.9 Å². The molecule has 1 saturated carbocycles. The lowest BCUT2D eigenvalue weighted by atomic mass is 9.67. The van der Waals surface area contributed by atoms with Crippen LogP contribution in [-0.4, -0.2) is 37.1 Å². The van der Waals surface area contributed by atoms with Crippen LogP contribution >= 0.6 is 0 Å². The van der Waals surface area contributed by atoms with E-state index in [1.165, 1.54) is 16.7 Å². The average molecular weight is 332 g/mol. The van der Waals surface area contributed by atoms with Crippen molar-refractivity contribution in [2.75, 3.05) is 13.7 Å². The van der Waals surface area contributed by atoms with Gasteiger partial charge in [-0.3, -0.25) is 0 Å². The number of methoxy groups -OCH3 is 1. The predicted molar refractivity (Wildman–Crippen MR) is 97.0 cm³/mol. The van der Waals surface area contributed by atoms with Gasteiger partial charge in [0.25, 0.3) is 0 Å². The van der Waals surface area contributed by atoms with Gasteiger partial charge in [0.15, 0.2) is 0 Å². The van der Waals surface area contributed by atoms with Gasteiger partial charge in [0, 0.05) is 7.11 Å². The number of ether oxygens (including phenoxy) is 3. The molecule has 3 rings (SSSR count). The van der Waals surface area contributed by atoms with E-state index < -0.39 is 0 Å². The van der Waals surface area contributed by atoms with Crippen molar-refractivity contribution in [2.24, 2.45) is 5.92 Å². The number of allylic oxidation sites excluding steroid dienone is 4. The first-order chi connectivity index (χ1) is 11.3. The summed E-state index contributed by atoms with van der Waals surface area (Å²) in [6.07, 6.45) is 10.2. The van der Waals surface area contributed by atoms with Crippen LogP contribution in [0.15, 0.2) is 34.9 Å². The molecule has 1 spiro atoms. The molecule has 5 unspecified atom stereocenters. The van der Waals surface area contributed by atoms with Crippen LogP contribution in [-0.2, 0) is 14.2 Å². The van der Waals surface area contributed by atoms with E-state index in [0.29, 0.717) is 0 Å². The van der Waals surface area contributed by atoms with Crippen molar-refractivity contribution in [3.63, 3.8) is 0 Å². The Morgan fingerprint density at radius 1 is 1.25 bits per heavy atom. The standard InChI is InChI=1S/C21H32O3/c1-14(2)7-9-16-11-12-21(13-23-21)19(18(16)22-6)20(5)17(24-20)10-8-15(3)4/h7-9,17-19H,10-13H2,1-6H3. The summed E-state index contributed by atoms with van der Waals surface area (Å²) in [5, 5.41) is 0. The van der Waals surface area contributed by atoms with E-state index >= 15 is 0 Å². The second-order valence-corrected chi connectivity index (χ2v) is 8.28. The van der Waals surface area contributed by atoms with Gasteiger partial charge in [-0.1, -0.05) is 29.4 Å². The summed E-state index contributed by atoms with van der Waals surface area (Å²) < 4.78 is 18.2. The van der Waals surface area contributed by atoms with E-state index in [2.05, 4.69) is 52.8 Å². The topological polar surface area (TPSA) is 34.3 Å². The fourth-order valence-electron chi connectivity index (χ4n) is 4.29. The Hall–Kier alpha value is -0.900. The molecule has 0 radical (unpaired) electrons. The van der Waals surface area contributed by atoms with Crippen molar-refractivity contribution >= 4 is 0 Å². The minimum absolute atomic E-state index is 0.0303. The Morgan fingerprint density at radius 3 is 2.50 bits per heavy atom. The molecule has 3 heteroatoms. The molecular formula is C21H32O3. The van der Waals surface area contributed by atoms with Gasteiger partial charge >= 0.3 is 0 Å². The van der Waals surface area contributed by atoms with Gasteiger partial charge in [0.05, 0.1) is 24.7 Å². The minimum Gasteiger partial charge on any atom is -0.377 e. The molecule has 0 aromatic heterocycles. The van der Waals surface area contributed by atoms with E-state index in [-0.39, 0.29) is 29.3 Å². The summed E-state index contributed by atoms with van der Waals surface area (Å²) in [6, 6.07) is 0. The molecule has 0 aromatic carbocycles. The highest BCUT2D eigenvalue weighted by Crippen LogP contribution is 2.60. The second-order valence-electron chi connectivity index (χ2n) is 8.28. The third-order valence-corrected chi connectivity index (χ3v) is 5.81. The Morgan fingerprint density at radius 2 is 1.96 bits per heavy atom. The molecule has 134 valence electrons. The van der Waals surface area contributed by atoms with E-state index in [9.17, 15) is 0 Å². The van der Waals surface area contributed by atoms with Gasteiger partial charge in [-0.15, -0.1) is 0 Å². The SMILES string of the molecule is COC1C(=CC=C(C)C)CCC2(CO2)C1C1(C)OC1CC=C(C)C. The van der Waals surface area contributed by atoms with Crippen LogP contribution in [0.25, 0.3) is 0 Å². The minimum atomic E-state index is -0.145. The Bertz CT molecular complexity index is 574. The van der Waals surface area contributed by atoms with Gasteiger partial charge in [0.2, 0.25) is 0 Å². The zero-order valence-electron chi connectivity index (χ0n) is 16.0. The van der Waals surface area contributed by atoms with Gasteiger partial charge in [0.1, 0.15) is 11.2 Å². The van der Waals surface area contributed by atoms with Crippen molar-refractivity contribution in [2.45, 2.75) is 77.3 Å². The second kappa shape index (κ2) is 6.44. The van der Waals surface area contributed by atoms with Crippen molar-refractivity contribution in [1.29, 1.82) is 0 Å². The van der Waals surface area contributed by atoms with Crippen LogP contribution in [0.3, 0.4) is 0 Å². The van der Waals surface area contributed by atoms with Gasteiger partial charge in [-0.05, 0) is 59.5 Å². The monoisotopic (exact) mass is 332 g/mol. The molecule has 1 aliphatic carbocycles. The van der Waals surface area contributed by atoms with Crippen LogP contribution in [0.4, 0.5) is 0 Å². The maximum absolute atomic E-state index is 6.23. The van der Waals surface area contributed by atoms with E-state index in [0.717, 1.165) is 25.9 Å². The Balaban J connectivity index is 1.85. The highest BCUT2D eigenvalue weighted by Gasteiger charge is 2.71. The lowest BCUT2D eigenvalue weighted by molar-refractivity contribution is -0.0201. The Labute approximate surface area is 146 Å². The summed E-state index contributed by atoms with van der Waals surface area (Å²) in [6.45, 7) is 11.6. The number of epoxide rings is 2. The smallest absolute Gasteiger partial charge is 0.101 e. The van der Waals surface area contributed by atoms with Crippen LogP contribution in [0.5, 0.6) is 0 Å². The fourth-order valence-corrected chi connectivity index (χ4v) is 4.29. The van der Waals surface area contributed by atoms with E-state index in [1.54, 1.807) is 0 Å². The quantitative estimate of drug-likeness (QED) is 0.545. The van der Waals surface area contributed by atoms with Crippen molar-refractivity contribution < 1.29 is 14.2 Å². The first-order valence-corrected chi connectivity index (χ1v) is 9.14. The molecule has 3 fully saturated rings. The van der Waals surface area contributed by atoms with Crippen LogP contribution < -0.4 is 0 Å². The molecule has 0 N–H and O–H groups in total. The summed E-state index contributed by atoms with van der Waals surface area (Å²) in [4.78, 5) is 0. The van der Waals surface area contributed by atoms with Crippen molar-refractivity contribution in [1.82, 2.24) is 0 Å². The number of hydrogen-bond acceptors (Lipinski definition) is 3. The lowest BCUT2D eigenvalue weighted by Crippen LogP contribution is -2.49. The molecule has 2 aliphatic heterocycles. The summed E-state index contributed by atoms with van der Waals surface area (Å²) in [5.74, 6) is 0.274. The largest absolute Gasteiger partial charge is 0.377 e. The number of hydrogen-bond donors (Lipinski definition) is 0. The molecule has 2 saturated heterocycles. The Kier molecular flexibility index (Phi) is 4.80. The number of rotatable bonds is 5. The average Bonchev–Trinajstić information content (AvgIpc) is 3.42. The zero-order valence-corrected chi connectivity index (χ0v) is 16.0. The molecule has 3 nitrogen and oxygen atoms in total. The van der Waals surface area contributed by atoms with E-state index in [1.807, 2.05) is 7.11 Å². The molecular weight excluding hydrogens is 300 g/mol. The highest BCUT2D eigenvalue weighted by molar-refractivity contribution is 5.30. The molecule has 0 aromatic rings. The maximum atomic E-state index is 6.23. The molecule has 0 amide bonds. The maximum Gasteiger partial charge on any atom is 0.101 e. The van der Waals surface area contributed by atoms with Gasteiger partial charge in [-0.25, -0.2) is 0 Å². The van der Waals surface area contributed by atoms with Crippen molar-refractivity contribution in [3.05, 3.63) is 34.9 Å². The predicted octanol–water partition coefficient (Wildman–Crippen LogP) is 4.59. The summed E-state index contributed by atoms with van der Waals surface area (Å²) >= 11 is 0. The first-order valence-electron chi connectivity index (χ1n) is 9.14. The van der Waals surface area contributed by atoms with Crippen molar-refractivity contribution in [3.8, 4) is 0 Å². The molecule has 5 atom stereocenters. The summed E-state index contributed by atoms with van der Waals surface area (Å²) in [7, 11) is 1.83. The lowest BCUT2D eigenvalue weighted by Gasteiger charge is -2.40. The molecule has 24 heavy (non-hydrogen) atoms. The summed E-state index contributed by atoms with van der Waals surface area (Å²) in [5.41, 5.74) is 3.86. The first kappa shape index (κ1) is 17.9.